The van der Waals surface area contributed by atoms with Gasteiger partial charge in [0.15, 0.2) is 0 Å². The van der Waals surface area contributed by atoms with Crippen molar-refractivity contribution in [2.45, 2.75) is 38.1 Å². The fraction of sp³-hybridized carbons (Fsp3) is 0.529. The van der Waals surface area contributed by atoms with Crippen LogP contribution in [0.25, 0.3) is 0 Å². The molecule has 0 aliphatic carbocycles. The third kappa shape index (κ3) is 4.47. The van der Waals surface area contributed by atoms with Crippen molar-refractivity contribution < 1.29 is 29.6 Å². The Kier molecular flexibility index (Phi) is 6.15. The number of aryl methyl sites for hydroxylation is 1. The molecule has 0 amide bonds. The number of nitrogens with two attached hydrogens (primary N) is 1. The van der Waals surface area contributed by atoms with Gasteiger partial charge in [-0.25, -0.2) is 4.79 Å². The molecule has 1 aliphatic heterocycles. The topological polar surface area (TPSA) is 133 Å². The Labute approximate surface area is 152 Å². The van der Waals surface area contributed by atoms with Crippen LogP contribution in [0.2, 0.25) is 13.1 Å². The first-order valence-electron chi connectivity index (χ1n) is 8.65. The van der Waals surface area contributed by atoms with Crippen LogP contribution < -0.4 is 10.5 Å². The molecule has 1 saturated heterocycles. The Morgan fingerprint density at radius 1 is 1.38 bits per heavy atom. The van der Waals surface area contributed by atoms with Crippen molar-refractivity contribution in [1.82, 2.24) is 4.90 Å². The van der Waals surface area contributed by atoms with Gasteiger partial charge in [-0.05, 0) is 25.0 Å². The molecule has 9 heteroatoms. The molecule has 142 valence electrons. The SMILES string of the molecule is CBCCc1ccc(OC2CN(CC(C)(N)C(=O)O)C2)c(C(=O)O)c1O. The lowest BCUT2D eigenvalue weighted by Gasteiger charge is -2.41. The van der Waals surface area contributed by atoms with Crippen molar-refractivity contribution in [3.8, 4) is 11.5 Å². The predicted octanol–water partition coefficient (Wildman–Crippen LogP) is 0.401. The Morgan fingerprint density at radius 3 is 2.58 bits per heavy atom. The molecule has 5 N–H and O–H groups in total. The van der Waals surface area contributed by atoms with E-state index in [-0.39, 0.29) is 29.7 Å². The van der Waals surface area contributed by atoms with Crippen molar-refractivity contribution in [1.29, 1.82) is 0 Å². The van der Waals surface area contributed by atoms with Crippen LogP contribution in [0.5, 0.6) is 11.5 Å². The van der Waals surface area contributed by atoms with E-state index in [0.717, 1.165) is 13.6 Å². The Bertz CT molecular complexity index is 688. The van der Waals surface area contributed by atoms with Crippen LogP contribution in [0.4, 0.5) is 0 Å². The molecule has 1 unspecified atom stereocenters. The normalized spacial score (nSPS) is 17.2. The number of phenols is 1. The van der Waals surface area contributed by atoms with E-state index in [0.29, 0.717) is 25.1 Å². The highest BCUT2D eigenvalue weighted by Gasteiger charge is 2.37. The number of aliphatic carboxylic acids is 1. The molecule has 0 aromatic heterocycles. The van der Waals surface area contributed by atoms with Crippen LogP contribution in [0, 0.1) is 0 Å². The standard InChI is InChI=1S/C17H25BN2O6/c1-17(19,16(24)25)9-20-7-11(8-20)26-12-4-3-10(5-6-18-2)14(21)13(12)15(22)23/h3-4,11,18,21H,5-9,19H2,1-2H3,(H,22,23)(H,24,25). The number of ether oxygens (including phenoxy) is 1. The van der Waals surface area contributed by atoms with Crippen LogP contribution in [-0.4, -0.2) is 70.7 Å². The number of hydrogen-bond acceptors (Lipinski definition) is 6. The molecule has 0 spiro atoms. The summed E-state index contributed by atoms with van der Waals surface area (Å²) in [5.74, 6) is -2.45. The first kappa shape index (κ1) is 20.1. The monoisotopic (exact) mass is 364 g/mol. The molecule has 1 aromatic carbocycles. The molecule has 8 nitrogen and oxygen atoms in total. The van der Waals surface area contributed by atoms with Gasteiger partial charge < -0.3 is 25.8 Å². The minimum absolute atomic E-state index is 0.119. The summed E-state index contributed by atoms with van der Waals surface area (Å²) in [7, 11) is 0.939. The lowest BCUT2D eigenvalue weighted by Crippen LogP contribution is -2.62. The van der Waals surface area contributed by atoms with Crippen molar-refractivity contribution >= 4 is 19.2 Å². The number of aromatic carboxylic acids is 1. The van der Waals surface area contributed by atoms with Crippen molar-refractivity contribution in [3.05, 3.63) is 23.3 Å². The predicted molar refractivity (Wildman–Crippen MR) is 97.7 cm³/mol. The summed E-state index contributed by atoms with van der Waals surface area (Å²) in [4.78, 5) is 24.4. The Morgan fingerprint density at radius 2 is 2.04 bits per heavy atom. The van der Waals surface area contributed by atoms with E-state index in [1.165, 1.54) is 6.92 Å². The van der Waals surface area contributed by atoms with Gasteiger partial charge in [0.05, 0.1) is 0 Å². The number of likely N-dealkylation sites (tertiary alicyclic amines) is 1. The maximum Gasteiger partial charge on any atom is 0.343 e. The molecular weight excluding hydrogens is 339 g/mol. The number of benzene rings is 1. The summed E-state index contributed by atoms with van der Waals surface area (Å²) in [6.07, 6.45) is 1.18. The largest absolute Gasteiger partial charge is 0.507 e. The molecule has 1 aliphatic rings. The van der Waals surface area contributed by atoms with E-state index in [1.54, 1.807) is 12.1 Å². The van der Waals surface area contributed by atoms with Crippen molar-refractivity contribution in [3.63, 3.8) is 0 Å². The summed E-state index contributed by atoms with van der Waals surface area (Å²) in [6, 6.07) is 3.26. The van der Waals surface area contributed by atoms with E-state index in [1.807, 2.05) is 11.7 Å². The third-order valence-electron chi connectivity index (χ3n) is 4.49. The Hall–Kier alpha value is -2.26. The summed E-state index contributed by atoms with van der Waals surface area (Å²) >= 11 is 0. The van der Waals surface area contributed by atoms with E-state index in [9.17, 15) is 19.8 Å². The molecule has 0 bridgehead atoms. The first-order valence-corrected chi connectivity index (χ1v) is 8.65. The highest BCUT2D eigenvalue weighted by Crippen LogP contribution is 2.33. The number of carboxylic acids is 2. The molecule has 0 saturated carbocycles. The summed E-state index contributed by atoms with van der Waals surface area (Å²) in [5, 5.41) is 28.8. The van der Waals surface area contributed by atoms with E-state index in [4.69, 9.17) is 15.6 Å². The lowest BCUT2D eigenvalue weighted by atomic mass is 9.75. The average Bonchev–Trinajstić information content (AvgIpc) is 2.51. The van der Waals surface area contributed by atoms with Gasteiger partial charge in [0.25, 0.3) is 0 Å². The number of carbonyl (C=O) groups is 2. The molecule has 1 aromatic rings. The maximum atomic E-state index is 11.6. The fourth-order valence-corrected chi connectivity index (χ4v) is 2.93. The maximum absolute atomic E-state index is 11.6. The number of rotatable bonds is 9. The van der Waals surface area contributed by atoms with Crippen molar-refractivity contribution in [2.75, 3.05) is 19.6 Å². The van der Waals surface area contributed by atoms with Crippen LogP contribution in [0.3, 0.4) is 0 Å². The second-order valence-electron chi connectivity index (χ2n) is 7.01. The summed E-state index contributed by atoms with van der Waals surface area (Å²) in [5.41, 5.74) is 4.72. The fourth-order valence-electron chi connectivity index (χ4n) is 2.93. The van der Waals surface area contributed by atoms with Gasteiger partial charge in [0.1, 0.15) is 36.0 Å². The second kappa shape index (κ2) is 7.97. The van der Waals surface area contributed by atoms with E-state index >= 15 is 0 Å². The molecule has 0 radical (unpaired) electrons. The van der Waals surface area contributed by atoms with Gasteiger partial charge in [-0.3, -0.25) is 9.69 Å². The van der Waals surface area contributed by atoms with E-state index in [2.05, 4.69) is 0 Å². The molecule has 1 fully saturated rings. The minimum Gasteiger partial charge on any atom is -0.507 e. The Balaban J connectivity index is 2.03. The summed E-state index contributed by atoms with van der Waals surface area (Å²) in [6.45, 7) is 4.52. The first-order chi connectivity index (χ1) is 12.2. The second-order valence-corrected chi connectivity index (χ2v) is 7.01. The minimum atomic E-state index is -1.35. The van der Waals surface area contributed by atoms with Gasteiger partial charge in [-0.15, -0.1) is 0 Å². The number of nitrogens with zero attached hydrogens (tertiary/aromatic N) is 1. The number of hydrogen-bond donors (Lipinski definition) is 4. The molecule has 26 heavy (non-hydrogen) atoms. The lowest BCUT2D eigenvalue weighted by molar-refractivity contribution is -0.144. The van der Waals surface area contributed by atoms with Gasteiger partial charge in [0, 0.05) is 19.6 Å². The quantitative estimate of drug-likeness (QED) is 0.463. The van der Waals surface area contributed by atoms with Crippen LogP contribution in [0.1, 0.15) is 22.8 Å². The molecule has 2 rings (SSSR count). The number of aromatic hydroxyl groups is 1. The smallest absolute Gasteiger partial charge is 0.343 e. The van der Waals surface area contributed by atoms with Crippen LogP contribution >= 0.6 is 0 Å². The molecule has 1 heterocycles. The van der Waals surface area contributed by atoms with Crippen molar-refractivity contribution in [2.24, 2.45) is 5.73 Å². The molecular formula is C17H25BN2O6. The highest BCUT2D eigenvalue weighted by molar-refractivity contribution is 6.33. The van der Waals surface area contributed by atoms with Gasteiger partial charge in [-0.2, -0.15) is 0 Å². The molecule has 1 atom stereocenters. The van der Waals surface area contributed by atoms with Crippen LogP contribution in [-0.2, 0) is 11.2 Å². The average molecular weight is 364 g/mol. The third-order valence-corrected chi connectivity index (χ3v) is 4.49. The number of carboxylic acid groups (broad SMARTS) is 2. The zero-order chi connectivity index (χ0) is 19.5. The highest BCUT2D eigenvalue weighted by atomic mass is 16.5. The zero-order valence-electron chi connectivity index (χ0n) is 15.1. The van der Waals surface area contributed by atoms with Gasteiger partial charge in [-0.1, -0.05) is 19.2 Å². The van der Waals surface area contributed by atoms with E-state index < -0.39 is 17.5 Å². The summed E-state index contributed by atoms with van der Waals surface area (Å²) < 4.78 is 5.72. The zero-order valence-corrected chi connectivity index (χ0v) is 15.1. The van der Waals surface area contributed by atoms with Gasteiger partial charge in [0.2, 0.25) is 0 Å². The van der Waals surface area contributed by atoms with Gasteiger partial charge >= 0.3 is 11.9 Å². The van der Waals surface area contributed by atoms with Crippen LogP contribution in [0.15, 0.2) is 12.1 Å².